The fraction of sp³-hybridized carbons (Fsp3) is 0.762. The lowest BCUT2D eigenvalue weighted by atomic mass is 9.47. The van der Waals surface area contributed by atoms with Crippen LogP contribution in [0, 0.1) is 22.7 Å². The first-order valence-corrected chi connectivity index (χ1v) is 9.37. The van der Waals surface area contributed by atoms with Crippen LogP contribution < -0.4 is 0 Å². The molecule has 3 aliphatic rings. The van der Waals surface area contributed by atoms with Gasteiger partial charge in [0, 0.05) is 0 Å². The number of hydrogen-bond donors (Lipinski definition) is 0. The van der Waals surface area contributed by atoms with Crippen LogP contribution in [0.2, 0.25) is 0 Å². The Morgan fingerprint density at radius 2 is 2.08 bits per heavy atom. The molecule has 0 aromatic rings. The van der Waals surface area contributed by atoms with Crippen molar-refractivity contribution < 1.29 is 14.3 Å². The molecule has 134 valence electrons. The topological polar surface area (TPSA) is 38.8 Å². The van der Waals surface area contributed by atoms with E-state index in [9.17, 15) is 4.79 Å². The van der Waals surface area contributed by atoms with Crippen LogP contribution in [0.1, 0.15) is 59.3 Å². The smallest absolute Gasteiger partial charge is 0.336 e. The summed E-state index contributed by atoms with van der Waals surface area (Å²) >= 11 is 0. The van der Waals surface area contributed by atoms with Gasteiger partial charge in [-0.15, -0.1) is 0 Å². The summed E-state index contributed by atoms with van der Waals surface area (Å²) < 4.78 is 10.3. The van der Waals surface area contributed by atoms with E-state index in [1.165, 1.54) is 38.4 Å². The molecule has 0 aromatic carbocycles. The highest BCUT2D eigenvalue weighted by Gasteiger charge is 2.52. The van der Waals surface area contributed by atoms with E-state index in [4.69, 9.17) is 9.47 Å². The summed E-state index contributed by atoms with van der Waals surface area (Å²) in [5.74, 6) is 0.945. The minimum Gasteiger partial charge on any atom is -0.466 e. The number of allylic oxidation sites excluding steroid dienone is 2. The van der Waals surface area contributed by atoms with E-state index < -0.39 is 0 Å². The van der Waals surface area contributed by atoms with Gasteiger partial charge in [-0.3, -0.25) is 0 Å². The lowest BCUT2D eigenvalue weighted by Gasteiger charge is -2.58. The molecule has 4 unspecified atom stereocenters. The largest absolute Gasteiger partial charge is 0.466 e. The van der Waals surface area contributed by atoms with Gasteiger partial charge in [-0.2, -0.15) is 0 Å². The highest BCUT2D eigenvalue weighted by atomic mass is 16.6. The zero-order valence-electron chi connectivity index (χ0n) is 15.7. The first-order valence-electron chi connectivity index (χ1n) is 9.37. The lowest BCUT2D eigenvalue weighted by molar-refractivity contribution is -0.136. The molecule has 3 fully saturated rings. The lowest BCUT2D eigenvalue weighted by Crippen LogP contribution is -2.49. The molecule has 0 radical (unpaired) electrons. The Balaban J connectivity index is 1.84. The molecule has 2 saturated carbocycles. The van der Waals surface area contributed by atoms with Crippen LogP contribution in [-0.2, 0) is 14.3 Å². The molecule has 3 rings (SSSR count). The van der Waals surface area contributed by atoms with Gasteiger partial charge >= 0.3 is 5.97 Å². The number of methoxy groups -OCH3 is 1. The Hall–Kier alpha value is -1.09. The third-order valence-corrected chi connectivity index (χ3v) is 6.99. The van der Waals surface area contributed by atoms with E-state index in [1.807, 2.05) is 0 Å². The van der Waals surface area contributed by atoms with Gasteiger partial charge in [0.15, 0.2) is 0 Å². The van der Waals surface area contributed by atoms with Crippen LogP contribution >= 0.6 is 0 Å². The summed E-state index contributed by atoms with van der Waals surface area (Å²) in [6.45, 7) is 12.4. The second kappa shape index (κ2) is 6.33. The first kappa shape index (κ1) is 17.7. The van der Waals surface area contributed by atoms with Gasteiger partial charge in [0.05, 0.1) is 19.3 Å². The van der Waals surface area contributed by atoms with Gasteiger partial charge in [-0.25, -0.2) is 4.79 Å². The minimum atomic E-state index is -0.246. The Labute approximate surface area is 146 Å². The fourth-order valence-corrected chi connectivity index (χ4v) is 5.65. The molecular formula is C21H32O3. The summed E-state index contributed by atoms with van der Waals surface area (Å²) in [7, 11) is 1.44. The zero-order chi connectivity index (χ0) is 17.5. The van der Waals surface area contributed by atoms with Gasteiger partial charge in [-0.05, 0) is 54.8 Å². The van der Waals surface area contributed by atoms with Crippen molar-refractivity contribution in [3.8, 4) is 0 Å². The first-order chi connectivity index (χ1) is 11.3. The molecule has 1 aliphatic heterocycles. The average Bonchev–Trinajstić information content (AvgIpc) is 3.33. The second-order valence-electron chi connectivity index (χ2n) is 8.86. The Morgan fingerprint density at radius 1 is 1.38 bits per heavy atom. The molecule has 1 heterocycles. The quantitative estimate of drug-likeness (QED) is 0.325. The SMILES string of the molecule is C=C1CCC2C(C)(C)CCCC2(C)C1CC=C(C(=O)OC)C1CO1. The number of fused-ring (bicyclic) bond motifs is 1. The van der Waals surface area contributed by atoms with Gasteiger partial charge in [0.25, 0.3) is 0 Å². The number of esters is 1. The monoisotopic (exact) mass is 332 g/mol. The molecule has 0 spiro atoms. The standard InChI is InChI=1S/C21H32O3/c1-14-7-10-18-20(2,3)11-6-12-21(18,4)16(14)9-8-15(17-13-24-17)19(22)23-5/h8,16-18H,1,6-7,9-13H2,2-5H3. The number of epoxide rings is 1. The van der Waals surface area contributed by atoms with Crippen molar-refractivity contribution in [1.82, 2.24) is 0 Å². The van der Waals surface area contributed by atoms with Gasteiger partial charge < -0.3 is 9.47 Å². The molecule has 1 saturated heterocycles. The minimum absolute atomic E-state index is 0.0549. The maximum atomic E-state index is 12.0. The Morgan fingerprint density at radius 3 is 2.71 bits per heavy atom. The predicted octanol–water partition coefficient (Wildman–Crippen LogP) is 4.67. The van der Waals surface area contributed by atoms with Crippen molar-refractivity contribution in [2.45, 2.75) is 65.4 Å². The number of rotatable bonds is 4. The Bertz CT molecular complexity index is 555. The molecule has 0 bridgehead atoms. The maximum Gasteiger partial charge on any atom is 0.336 e. The van der Waals surface area contributed by atoms with E-state index in [0.717, 1.165) is 18.8 Å². The molecule has 3 nitrogen and oxygen atoms in total. The average molecular weight is 332 g/mol. The summed E-state index contributed by atoms with van der Waals surface area (Å²) in [4.78, 5) is 12.0. The van der Waals surface area contributed by atoms with Gasteiger partial charge in [0.2, 0.25) is 0 Å². The molecule has 0 amide bonds. The van der Waals surface area contributed by atoms with Crippen molar-refractivity contribution in [3.05, 3.63) is 23.8 Å². The summed E-state index contributed by atoms with van der Waals surface area (Å²) in [5, 5.41) is 0. The van der Waals surface area contributed by atoms with E-state index in [0.29, 0.717) is 28.9 Å². The normalized spacial score (nSPS) is 38.4. The molecule has 4 atom stereocenters. The van der Waals surface area contributed by atoms with E-state index in [-0.39, 0.29) is 12.1 Å². The molecule has 2 aliphatic carbocycles. The van der Waals surface area contributed by atoms with Crippen LogP contribution in [-0.4, -0.2) is 25.8 Å². The predicted molar refractivity (Wildman–Crippen MR) is 95.5 cm³/mol. The van der Waals surface area contributed by atoms with Crippen LogP contribution in [0.3, 0.4) is 0 Å². The molecule has 0 aromatic heterocycles. The van der Waals surface area contributed by atoms with Crippen molar-refractivity contribution >= 4 is 5.97 Å². The molecule has 3 heteroatoms. The molecule has 0 N–H and O–H groups in total. The summed E-state index contributed by atoms with van der Waals surface area (Å²) in [6.07, 6.45) is 9.18. The van der Waals surface area contributed by atoms with E-state index >= 15 is 0 Å². The second-order valence-corrected chi connectivity index (χ2v) is 8.86. The zero-order valence-corrected chi connectivity index (χ0v) is 15.7. The van der Waals surface area contributed by atoms with Gasteiger partial charge in [-0.1, -0.05) is 45.4 Å². The Kier molecular flexibility index (Phi) is 4.67. The maximum absolute atomic E-state index is 12.0. The third kappa shape index (κ3) is 3.08. The van der Waals surface area contributed by atoms with Crippen molar-refractivity contribution in [2.75, 3.05) is 13.7 Å². The van der Waals surface area contributed by atoms with Crippen molar-refractivity contribution in [1.29, 1.82) is 0 Å². The van der Waals surface area contributed by atoms with Gasteiger partial charge in [0.1, 0.15) is 6.10 Å². The third-order valence-electron chi connectivity index (χ3n) is 6.99. The van der Waals surface area contributed by atoms with E-state index in [2.05, 4.69) is 33.4 Å². The number of carbonyl (C=O) groups excluding carboxylic acids is 1. The van der Waals surface area contributed by atoms with Crippen LogP contribution in [0.25, 0.3) is 0 Å². The van der Waals surface area contributed by atoms with Crippen molar-refractivity contribution in [3.63, 3.8) is 0 Å². The number of hydrogen-bond acceptors (Lipinski definition) is 3. The summed E-state index contributed by atoms with van der Waals surface area (Å²) in [5.41, 5.74) is 2.76. The highest BCUT2D eigenvalue weighted by Crippen LogP contribution is 2.61. The number of ether oxygens (including phenoxy) is 2. The molecular weight excluding hydrogens is 300 g/mol. The highest BCUT2D eigenvalue weighted by molar-refractivity contribution is 5.90. The van der Waals surface area contributed by atoms with Crippen LogP contribution in [0.5, 0.6) is 0 Å². The number of carbonyl (C=O) groups is 1. The van der Waals surface area contributed by atoms with Crippen molar-refractivity contribution in [2.24, 2.45) is 22.7 Å². The fourth-order valence-electron chi connectivity index (χ4n) is 5.65. The molecule has 24 heavy (non-hydrogen) atoms. The van der Waals surface area contributed by atoms with Crippen LogP contribution in [0.15, 0.2) is 23.8 Å². The van der Waals surface area contributed by atoms with Crippen LogP contribution in [0.4, 0.5) is 0 Å². The summed E-state index contributed by atoms with van der Waals surface area (Å²) in [6, 6.07) is 0. The van der Waals surface area contributed by atoms with E-state index in [1.54, 1.807) is 0 Å².